The minimum atomic E-state index is -0.529. The average molecular weight is 333 g/mol. The van der Waals surface area contributed by atoms with Crippen LogP contribution in [0.1, 0.15) is 18.4 Å². The van der Waals surface area contributed by atoms with E-state index in [0.29, 0.717) is 13.2 Å². The zero-order chi connectivity index (χ0) is 17.4. The largest absolute Gasteiger partial charge is 0.384 e. The molecule has 0 spiro atoms. The molecule has 6 nitrogen and oxygen atoms in total. The molecule has 0 aliphatic carbocycles. The van der Waals surface area contributed by atoms with Crippen LogP contribution >= 0.6 is 0 Å². The highest BCUT2D eigenvalue weighted by Gasteiger charge is 2.39. The van der Waals surface area contributed by atoms with Crippen LogP contribution in [0.5, 0.6) is 0 Å². The van der Waals surface area contributed by atoms with Gasteiger partial charge in [-0.05, 0) is 31.5 Å². The number of nitrogens with one attached hydrogen (secondary N) is 2. The van der Waals surface area contributed by atoms with Gasteiger partial charge in [0.2, 0.25) is 11.8 Å². The quantitative estimate of drug-likeness (QED) is 0.773. The van der Waals surface area contributed by atoms with Gasteiger partial charge >= 0.3 is 0 Å². The second-order valence-electron chi connectivity index (χ2n) is 6.38. The lowest BCUT2D eigenvalue weighted by atomic mass is 9.78. The van der Waals surface area contributed by atoms with Gasteiger partial charge in [0, 0.05) is 20.7 Å². The molecule has 132 valence electrons. The maximum Gasteiger partial charge on any atom is 0.242 e. The molecule has 1 aromatic rings. The van der Waals surface area contributed by atoms with Crippen molar-refractivity contribution in [1.29, 1.82) is 0 Å². The van der Waals surface area contributed by atoms with Crippen molar-refractivity contribution in [3.8, 4) is 0 Å². The Bertz CT molecular complexity index is 536. The van der Waals surface area contributed by atoms with Crippen molar-refractivity contribution in [2.75, 3.05) is 40.4 Å². The van der Waals surface area contributed by atoms with E-state index in [9.17, 15) is 9.59 Å². The Kier molecular flexibility index (Phi) is 6.75. The van der Waals surface area contributed by atoms with E-state index in [1.807, 2.05) is 30.3 Å². The Hall–Kier alpha value is -1.92. The molecule has 1 aliphatic heterocycles. The van der Waals surface area contributed by atoms with Crippen LogP contribution in [-0.4, -0.2) is 57.1 Å². The number of nitrogens with zero attached hydrogens (tertiary/aromatic N) is 1. The smallest absolute Gasteiger partial charge is 0.242 e. The Morgan fingerprint density at radius 1 is 1.25 bits per heavy atom. The number of methoxy groups -OCH3 is 1. The number of carbonyl (C=O) groups is 2. The summed E-state index contributed by atoms with van der Waals surface area (Å²) in [7, 11) is 3.35. The number of likely N-dealkylation sites (N-methyl/N-ethyl adjacent to an activating group) is 1. The molecule has 2 N–H and O–H groups in total. The second kappa shape index (κ2) is 8.80. The lowest BCUT2D eigenvalue weighted by Crippen LogP contribution is -2.51. The molecular formula is C18H27N3O3. The summed E-state index contributed by atoms with van der Waals surface area (Å²) < 4.78 is 5.26. The molecule has 2 rings (SSSR count). The third-order valence-corrected chi connectivity index (χ3v) is 4.55. The molecule has 0 aromatic heterocycles. The van der Waals surface area contributed by atoms with E-state index in [2.05, 4.69) is 10.6 Å². The molecule has 1 fully saturated rings. The maximum atomic E-state index is 12.6. The van der Waals surface area contributed by atoms with Crippen LogP contribution in [0.15, 0.2) is 30.3 Å². The average Bonchev–Trinajstić information content (AvgIpc) is 2.61. The van der Waals surface area contributed by atoms with Gasteiger partial charge in [0.25, 0.3) is 0 Å². The predicted octanol–water partition coefficient (Wildman–Crippen LogP) is 0.777. The number of piperidine rings is 1. The fourth-order valence-corrected chi connectivity index (χ4v) is 3.04. The summed E-state index contributed by atoms with van der Waals surface area (Å²) in [6.45, 7) is 2.51. The molecule has 0 saturated carbocycles. The lowest BCUT2D eigenvalue weighted by Gasteiger charge is -2.35. The minimum Gasteiger partial charge on any atom is -0.384 e. The first-order valence-electron chi connectivity index (χ1n) is 8.33. The van der Waals surface area contributed by atoms with Gasteiger partial charge in [0.1, 0.15) is 0 Å². The summed E-state index contributed by atoms with van der Waals surface area (Å²) >= 11 is 0. The summed E-state index contributed by atoms with van der Waals surface area (Å²) in [5.41, 5.74) is 0.534. The number of hydrogen-bond acceptors (Lipinski definition) is 4. The molecule has 0 bridgehead atoms. The highest BCUT2D eigenvalue weighted by molar-refractivity contribution is 5.88. The number of carbonyl (C=O) groups excluding carboxylic acids is 2. The van der Waals surface area contributed by atoms with Crippen LogP contribution < -0.4 is 10.6 Å². The van der Waals surface area contributed by atoms with Crippen molar-refractivity contribution in [3.05, 3.63) is 35.9 Å². The Morgan fingerprint density at radius 2 is 1.92 bits per heavy atom. The molecule has 1 aromatic carbocycles. The molecule has 1 heterocycles. The van der Waals surface area contributed by atoms with E-state index in [0.717, 1.165) is 31.5 Å². The van der Waals surface area contributed by atoms with E-state index in [4.69, 9.17) is 4.74 Å². The van der Waals surface area contributed by atoms with E-state index in [1.165, 1.54) is 0 Å². The molecule has 1 aliphatic rings. The molecule has 1 saturated heterocycles. The Morgan fingerprint density at radius 3 is 2.54 bits per heavy atom. The summed E-state index contributed by atoms with van der Waals surface area (Å²) in [5, 5.41) is 6.06. The number of ether oxygens (including phenoxy) is 1. The van der Waals surface area contributed by atoms with Crippen molar-refractivity contribution < 1.29 is 14.3 Å². The number of rotatable bonds is 7. The standard InChI is InChI=1S/C18H27N3O3/c1-21(13-15-6-4-3-5-7-15)16(22)12-20-17(23)18(14-24-2)8-10-19-11-9-18/h3-7,19H,8-14H2,1-2H3,(H,20,23). The van der Waals surface area contributed by atoms with Crippen molar-refractivity contribution in [2.45, 2.75) is 19.4 Å². The van der Waals surface area contributed by atoms with E-state index >= 15 is 0 Å². The normalized spacial score (nSPS) is 16.4. The van der Waals surface area contributed by atoms with Gasteiger partial charge < -0.3 is 20.3 Å². The van der Waals surface area contributed by atoms with Gasteiger partial charge in [-0.25, -0.2) is 0 Å². The highest BCUT2D eigenvalue weighted by atomic mass is 16.5. The summed E-state index contributed by atoms with van der Waals surface area (Å²) in [4.78, 5) is 26.5. The van der Waals surface area contributed by atoms with Crippen LogP contribution in [0.3, 0.4) is 0 Å². The third-order valence-electron chi connectivity index (χ3n) is 4.55. The molecule has 2 amide bonds. The van der Waals surface area contributed by atoms with Crippen molar-refractivity contribution >= 4 is 11.8 Å². The van der Waals surface area contributed by atoms with E-state index < -0.39 is 5.41 Å². The first kappa shape index (κ1) is 18.4. The SMILES string of the molecule is COCC1(C(=O)NCC(=O)N(C)Cc2ccccc2)CCNCC1. The topological polar surface area (TPSA) is 70.7 Å². The lowest BCUT2D eigenvalue weighted by molar-refractivity contribution is -0.139. The number of hydrogen-bond donors (Lipinski definition) is 2. The van der Waals surface area contributed by atoms with Gasteiger partial charge in [-0.3, -0.25) is 9.59 Å². The predicted molar refractivity (Wildman–Crippen MR) is 92.3 cm³/mol. The first-order valence-corrected chi connectivity index (χ1v) is 8.33. The highest BCUT2D eigenvalue weighted by Crippen LogP contribution is 2.29. The zero-order valence-corrected chi connectivity index (χ0v) is 14.5. The minimum absolute atomic E-state index is 0.0149. The van der Waals surface area contributed by atoms with Gasteiger partial charge in [-0.2, -0.15) is 0 Å². The summed E-state index contributed by atoms with van der Waals surface area (Å²) in [5.74, 6) is -0.194. The zero-order valence-electron chi connectivity index (χ0n) is 14.5. The molecule has 24 heavy (non-hydrogen) atoms. The molecule has 0 unspecified atom stereocenters. The van der Waals surface area contributed by atoms with Crippen molar-refractivity contribution in [2.24, 2.45) is 5.41 Å². The molecule has 0 atom stereocenters. The number of benzene rings is 1. The van der Waals surface area contributed by atoms with Crippen LogP contribution in [0.2, 0.25) is 0 Å². The third kappa shape index (κ3) is 4.79. The van der Waals surface area contributed by atoms with E-state index in [1.54, 1.807) is 19.1 Å². The van der Waals surface area contributed by atoms with Crippen LogP contribution in [0.4, 0.5) is 0 Å². The summed E-state index contributed by atoms with van der Waals surface area (Å²) in [6, 6.07) is 9.79. The van der Waals surface area contributed by atoms with Gasteiger partial charge in [0.15, 0.2) is 0 Å². The fraction of sp³-hybridized carbons (Fsp3) is 0.556. The van der Waals surface area contributed by atoms with Crippen molar-refractivity contribution in [1.82, 2.24) is 15.5 Å². The monoisotopic (exact) mass is 333 g/mol. The van der Waals surface area contributed by atoms with E-state index in [-0.39, 0.29) is 18.4 Å². The maximum absolute atomic E-state index is 12.6. The van der Waals surface area contributed by atoms with Crippen LogP contribution in [-0.2, 0) is 20.9 Å². The Balaban J connectivity index is 1.86. The molecule has 6 heteroatoms. The van der Waals surface area contributed by atoms with Crippen LogP contribution in [0.25, 0.3) is 0 Å². The van der Waals surface area contributed by atoms with Gasteiger partial charge in [-0.1, -0.05) is 30.3 Å². The molecule has 0 radical (unpaired) electrons. The van der Waals surface area contributed by atoms with Crippen molar-refractivity contribution in [3.63, 3.8) is 0 Å². The summed E-state index contributed by atoms with van der Waals surface area (Å²) in [6.07, 6.45) is 1.45. The van der Waals surface area contributed by atoms with Gasteiger partial charge in [-0.15, -0.1) is 0 Å². The number of amides is 2. The Labute approximate surface area is 143 Å². The molecular weight excluding hydrogens is 306 g/mol. The second-order valence-corrected chi connectivity index (χ2v) is 6.38. The van der Waals surface area contributed by atoms with Gasteiger partial charge in [0.05, 0.1) is 18.6 Å². The van der Waals surface area contributed by atoms with Crippen LogP contribution in [0, 0.1) is 5.41 Å². The first-order chi connectivity index (χ1) is 11.6. The fourth-order valence-electron chi connectivity index (χ4n) is 3.04.